The molecule has 0 saturated carbocycles. The highest BCUT2D eigenvalue weighted by Crippen LogP contribution is 2.43. The molecule has 2 aliphatic rings. The van der Waals surface area contributed by atoms with Gasteiger partial charge in [0, 0.05) is 18.4 Å². The van der Waals surface area contributed by atoms with Gasteiger partial charge in [-0.3, -0.25) is 9.69 Å². The molecule has 1 saturated heterocycles. The number of hydrogen-bond donors (Lipinski definition) is 0. The van der Waals surface area contributed by atoms with Gasteiger partial charge in [0.05, 0.1) is 0 Å². The van der Waals surface area contributed by atoms with Crippen molar-refractivity contribution in [3.05, 3.63) is 71.3 Å². The Balaban J connectivity index is 1.54. The van der Waals surface area contributed by atoms with Crippen LogP contribution in [0.2, 0.25) is 0 Å². The van der Waals surface area contributed by atoms with Crippen LogP contribution in [0.25, 0.3) is 0 Å². The average Bonchev–Trinajstić information content (AvgIpc) is 3.28. The summed E-state index contributed by atoms with van der Waals surface area (Å²) in [5.74, 6) is 0.798. The molecule has 130 valence electrons. The topological polar surface area (TPSA) is 20.3 Å². The quantitative estimate of drug-likeness (QED) is 0.786. The standard InChI is InChI=1S/C23H27NO/c1-17(18-9-3-2-4-10-18)22(25)16-20-15-19-11-5-6-12-21(19)23(20)24-13-7-8-14-24/h2-6,9-12,17,20,23H,7-8,13-16H2,1H3/t17-,20?,23?/m0/s1. The van der Waals surface area contributed by atoms with Gasteiger partial charge in [-0.2, -0.15) is 0 Å². The second-order valence-electron chi connectivity index (χ2n) is 7.65. The molecule has 0 aromatic heterocycles. The number of rotatable bonds is 5. The minimum Gasteiger partial charge on any atom is -0.299 e. The monoisotopic (exact) mass is 333 g/mol. The van der Waals surface area contributed by atoms with Crippen molar-refractivity contribution >= 4 is 5.78 Å². The van der Waals surface area contributed by atoms with E-state index in [1.54, 1.807) is 0 Å². The molecule has 1 fully saturated rings. The van der Waals surface area contributed by atoms with Gasteiger partial charge >= 0.3 is 0 Å². The van der Waals surface area contributed by atoms with Crippen LogP contribution >= 0.6 is 0 Å². The Kier molecular flexibility index (Phi) is 4.72. The predicted octanol–water partition coefficient (Wildman–Crippen LogP) is 4.76. The van der Waals surface area contributed by atoms with E-state index >= 15 is 0 Å². The zero-order chi connectivity index (χ0) is 17.2. The van der Waals surface area contributed by atoms with Crippen molar-refractivity contribution in [3.63, 3.8) is 0 Å². The minimum atomic E-state index is -0.0101. The zero-order valence-electron chi connectivity index (χ0n) is 15.0. The first-order chi connectivity index (χ1) is 12.2. The second kappa shape index (κ2) is 7.13. The fraction of sp³-hybridized carbons (Fsp3) is 0.435. The summed E-state index contributed by atoms with van der Waals surface area (Å²) < 4.78 is 0. The Bertz CT molecular complexity index is 733. The second-order valence-corrected chi connectivity index (χ2v) is 7.65. The highest BCUT2D eigenvalue weighted by molar-refractivity contribution is 5.85. The summed E-state index contributed by atoms with van der Waals surface area (Å²) in [7, 11) is 0. The van der Waals surface area contributed by atoms with E-state index in [2.05, 4.69) is 48.2 Å². The summed E-state index contributed by atoms with van der Waals surface area (Å²) in [6.07, 6.45) is 4.32. The van der Waals surface area contributed by atoms with E-state index in [-0.39, 0.29) is 5.92 Å². The highest BCUT2D eigenvalue weighted by Gasteiger charge is 2.38. The van der Waals surface area contributed by atoms with E-state index in [9.17, 15) is 4.79 Å². The van der Waals surface area contributed by atoms with Crippen molar-refractivity contribution in [1.29, 1.82) is 0 Å². The average molecular weight is 333 g/mol. The molecule has 2 unspecified atom stereocenters. The molecule has 1 aliphatic heterocycles. The molecule has 1 aliphatic carbocycles. The Morgan fingerprint density at radius 2 is 1.72 bits per heavy atom. The largest absolute Gasteiger partial charge is 0.299 e. The van der Waals surface area contributed by atoms with Crippen LogP contribution in [0, 0.1) is 5.92 Å². The molecule has 0 bridgehead atoms. The number of likely N-dealkylation sites (tertiary alicyclic amines) is 1. The maximum atomic E-state index is 13.0. The zero-order valence-corrected chi connectivity index (χ0v) is 15.0. The minimum absolute atomic E-state index is 0.0101. The molecule has 0 radical (unpaired) electrons. The summed E-state index contributed by atoms with van der Waals surface area (Å²) in [5, 5.41) is 0. The van der Waals surface area contributed by atoms with Gasteiger partial charge in [-0.15, -0.1) is 0 Å². The first-order valence-electron chi connectivity index (χ1n) is 9.63. The van der Waals surface area contributed by atoms with Gasteiger partial charge in [0.2, 0.25) is 0 Å². The third kappa shape index (κ3) is 3.28. The van der Waals surface area contributed by atoms with E-state index in [1.807, 2.05) is 18.2 Å². The van der Waals surface area contributed by atoms with Crippen LogP contribution in [0.1, 0.15) is 54.8 Å². The Morgan fingerprint density at radius 3 is 2.48 bits per heavy atom. The number of nitrogens with zero attached hydrogens (tertiary/aromatic N) is 1. The molecule has 0 spiro atoms. The molecule has 2 nitrogen and oxygen atoms in total. The SMILES string of the molecule is C[C@H](C(=O)CC1Cc2ccccc2C1N1CCCC1)c1ccccc1. The van der Waals surface area contributed by atoms with Gasteiger partial charge in [-0.25, -0.2) is 0 Å². The highest BCUT2D eigenvalue weighted by atomic mass is 16.1. The van der Waals surface area contributed by atoms with Crippen LogP contribution in [-0.2, 0) is 11.2 Å². The molecule has 25 heavy (non-hydrogen) atoms. The normalized spacial score (nSPS) is 24.2. The first kappa shape index (κ1) is 16.5. The van der Waals surface area contributed by atoms with Crippen LogP contribution < -0.4 is 0 Å². The summed E-state index contributed by atoms with van der Waals surface area (Å²) in [5.41, 5.74) is 4.06. The summed E-state index contributed by atoms with van der Waals surface area (Å²) in [6, 6.07) is 19.5. The van der Waals surface area contributed by atoms with E-state index in [0.29, 0.717) is 24.2 Å². The van der Waals surface area contributed by atoms with Gasteiger partial charge in [-0.1, -0.05) is 61.5 Å². The van der Waals surface area contributed by atoms with Crippen LogP contribution in [0.4, 0.5) is 0 Å². The Labute approximate surface area is 150 Å². The fourth-order valence-corrected chi connectivity index (χ4v) is 4.72. The summed E-state index contributed by atoms with van der Waals surface area (Å²) in [6.45, 7) is 4.42. The van der Waals surface area contributed by atoms with Crippen molar-refractivity contribution in [2.24, 2.45) is 5.92 Å². The smallest absolute Gasteiger partial charge is 0.140 e. The predicted molar refractivity (Wildman–Crippen MR) is 102 cm³/mol. The Hall–Kier alpha value is -1.93. The maximum absolute atomic E-state index is 13.0. The number of benzene rings is 2. The third-order valence-corrected chi connectivity index (χ3v) is 6.08. The van der Waals surface area contributed by atoms with Gasteiger partial charge in [-0.05, 0) is 55.0 Å². The van der Waals surface area contributed by atoms with Crippen molar-refractivity contribution in [2.75, 3.05) is 13.1 Å². The van der Waals surface area contributed by atoms with Crippen LogP contribution in [-0.4, -0.2) is 23.8 Å². The summed E-state index contributed by atoms with van der Waals surface area (Å²) >= 11 is 0. The fourth-order valence-electron chi connectivity index (χ4n) is 4.72. The third-order valence-electron chi connectivity index (χ3n) is 6.08. The van der Waals surface area contributed by atoms with E-state index in [0.717, 1.165) is 12.0 Å². The summed E-state index contributed by atoms with van der Waals surface area (Å²) in [4.78, 5) is 15.6. The number of ketones is 1. The number of carbonyl (C=O) groups is 1. The van der Waals surface area contributed by atoms with Gasteiger partial charge in [0.25, 0.3) is 0 Å². The molecule has 4 rings (SSSR count). The number of fused-ring (bicyclic) bond motifs is 1. The van der Waals surface area contributed by atoms with Crippen LogP contribution in [0.15, 0.2) is 54.6 Å². The molecule has 3 atom stereocenters. The maximum Gasteiger partial charge on any atom is 0.140 e. The number of carbonyl (C=O) groups excluding carboxylic acids is 1. The molecule has 0 N–H and O–H groups in total. The molecule has 0 amide bonds. The lowest BCUT2D eigenvalue weighted by atomic mass is 9.87. The molecular weight excluding hydrogens is 306 g/mol. The van der Waals surface area contributed by atoms with Gasteiger partial charge in [0.15, 0.2) is 0 Å². The number of hydrogen-bond acceptors (Lipinski definition) is 2. The van der Waals surface area contributed by atoms with E-state index < -0.39 is 0 Å². The van der Waals surface area contributed by atoms with Crippen molar-refractivity contribution < 1.29 is 4.79 Å². The van der Waals surface area contributed by atoms with E-state index in [1.165, 1.54) is 37.1 Å². The number of Topliss-reactive ketones (excluding diaryl/α,β-unsaturated/α-hetero) is 1. The van der Waals surface area contributed by atoms with Gasteiger partial charge < -0.3 is 0 Å². The molecule has 1 heterocycles. The lowest BCUT2D eigenvalue weighted by molar-refractivity contribution is -0.121. The lowest BCUT2D eigenvalue weighted by Gasteiger charge is -2.30. The first-order valence-corrected chi connectivity index (χ1v) is 9.63. The molecule has 2 aromatic rings. The molecule has 2 heteroatoms. The molecular formula is C23H27NO. The van der Waals surface area contributed by atoms with Crippen molar-refractivity contribution in [1.82, 2.24) is 4.90 Å². The lowest BCUT2D eigenvalue weighted by Crippen LogP contribution is -2.30. The van der Waals surface area contributed by atoms with Crippen LogP contribution in [0.5, 0.6) is 0 Å². The van der Waals surface area contributed by atoms with Crippen molar-refractivity contribution in [2.45, 2.75) is 44.6 Å². The molecule has 2 aromatic carbocycles. The Morgan fingerprint density at radius 1 is 1.04 bits per heavy atom. The van der Waals surface area contributed by atoms with E-state index in [4.69, 9.17) is 0 Å². The van der Waals surface area contributed by atoms with Crippen LogP contribution in [0.3, 0.4) is 0 Å². The van der Waals surface area contributed by atoms with Crippen molar-refractivity contribution in [3.8, 4) is 0 Å². The van der Waals surface area contributed by atoms with Gasteiger partial charge in [0.1, 0.15) is 5.78 Å².